The SMILES string of the molecule is Cc1ccc(-n2c(C)cc(C3C(c4ccccn4)NC(=S)N3c3ccc(Br)c(C)c3)c2C)nc1. The average molecular weight is 533 g/mol. The molecule has 1 fully saturated rings. The molecule has 34 heavy (non-hydrogen) atoms. The van der Waals surface area contributed by atoms with Gasteiger partial charge in [0.2, 0.25) is 0 Å². The topological polar surface area (TPSA) is 46.0 Å². The van der Waals surface area contributed by atoms with Gasteiger partial charge in [0.05, 0.1) is 17.8 Å². The summed E-state index contributed by atoms with van der Waals surface area (Å²) in [7, 11) is 0. The molecule has 1 saturated heterocycles. The lowest BCUT2D eigenvalue weighted by atomic mass is 9.96. The van der Waals surface area contributed by atoms with Crippen molar-refractivity contribution in [2.45, 2.75) is 39.8 Å². The molecule has 1 aliphatic rings. The van der Waals surface area contributed by atoms with Crippen LogP contribution in [-0.2, 0) is 0 Å². The quantitative estimate of drug-likeness (QED) is 0.307. The lowest BCUT2D eigenvalue weighted by Gasteiger charge is -2.28. The van der Waals surface area contributed by atoms with Crippen molar-refractivity contribution < 1.29 is 0 Å². The van der Waals surface area contributed by atoms with Crippen molar-refractivity contribution in [3.63, 3.8) is 0 Å². The predicted molar refractivity (Wildman–Crippen MR) is 145 cm³/mol. The van der Waals surface area contributed by atoms with Gasteiger partial charge in [0.15, 0.2) is 5.11 Å². The maximum Gasteiger partial charge on any atom is 0.174 e. The van der Waals surface area contributed by atoms with Crippen LogP contribution >= 0.6 is 28.1 Å². The molecule has 7 heteroatoms. The molecule has 0 amide bonds. The van der Waals surface area contributed by atoms with Crippen molar-refractivity contribution in [1.29, 1.82) is 0 Å². The van der Waals surface area contributed by atoms with Crippen LogP contribution in [0.25, 0.3) is 5.82 Å². The second kappa shape index (κ2) is 8.96. The summed E-state index contributed by atoms with van der Waals surface area (Å²) in [5.41, 5.74) is 7.80. The van der Waals surface area contributed by atoms with Crippen LogP contribution in [0.15, 0.2) is 71.5 Å². The summed E-state index contributed by atoms with van der Waals surface area (Å²) in [6.07, 6.45) is 3.75. The monoisotopic (exact) mass is 531 g/mol. The summed E-state index contributed by atoms with van der Waals surface area (Å²) in [5, 5.41) is 4.26. The molecule has 0 aliphatic carbocycles. The number of anilines is 1. The van der Waals surface area contributed by atoms with E-state index in [4.69, 9.17) is 17.2 Å². The largest absolute Gasteiger partial charge is 0.351 e. The zero-order valence-electron chi connectivity index (χ0n) is 19.6. The van der Waals surface area contributed by atoms with Gasteiger partial charge in [-0.05, 0) is 99.1 Å². The van der Waals surface area contributed by atoms with Crippen LogP contribution < -0.4 is 10.2 Å². The van der Waals surface area contributed by atoms with E-state index in [0.717, 1.165) is 44.2 Å². The lowest BCUT2D eigenvalue weighted by Crippen LogP contribution is -2.29. The number of aryl methyl sites for hydroxylation is 3. The first-order valence-electron chi connectivity index (χ1n) is 11.2. The van der Waals surface area contributed by atoms with Crippen LogP contribution in [0.1, 0.15) is 45.9 Å². The number of nitrogens with one attached hydrogen (secondary N) is 1. The molecule has 5 rings (SSSR count). The fourth-order valence-corrected chi connectivity index (χ4v) is 5.35. The maximum atomic E-state index is 5.90. The molecule has 0 spiro atoms. The number of rotatable bonds is 4. The third-order valence-electron chi connectivity index (χ3n) is 6.43. The Kier molecular flexibility index (Phi) is 6.00. The Morgan fingerprint density at radius 1 is 0.971 bits per heavy atom. The standard InChI is InChI=1S/C27H26BrN5S/c1-16-8-11-24(30-15-16)32-18(3)14-21(19(32)4)26-25(23-7-5-6-12-29-23)31-27(34)33(26)20-9-10-22(28)17(2)13-20/h5-15,25-26H,1-4H3,(H,31,34). The number of thiocarbonyl (C=S) groups is 1. The molecule has 0 bridgehead atoms. The van der Waals surface area contributed by atoms with Crippen LogP contribution in [0.2, 0.25) is 0 Å². The number of hydrogen-bond acceptors (Lipinski definition) is 3. The van der Waals surface area contributed by atoms with Crippen LogP contribution in [0.4, 0.5) is 5.69 Å². The van der Waals surface area contributed by atoms with E-state index in [1.165, 1.54) is 5.56 Å². The van der Waals surface area contributed by atoms with Gasteiger partial charge in [-0.2, -0.15) is 0 Å². The van der Waals surface area contributed by atoms with Gasteiger partial charge in [-0.3, -0.25) is 4.98 Å². The molecule has 1 aliphatic heterocycles. The number of halogens is 1. The highest BCUT2D eigenvalue weighted by molar-refractivity contribution is 9.10. The van der Waals surface area contributed by atoms with Crippen molar-refractivity contribution >= 4 is 38.9 Å². The summed E-state index contributed by atoms with van der Waals surface area (Å²) in [5.74, 6) is 0.917. The van der Waals surface area contributed by atoms with E-state index in [9.17, 15) is 0 Å². The second-order valence-corrected chi connectivity index (χ2v) is 10.0. The minimum absolute atomic E-state index is 0.0617. The van der Waals surface area contributed by atoms with Crippen molar-refractivity contribution in [2.24, 2.45) is 0 Å². The van der Waals surface area contributed by atoms with Crippen molar-refractivity contribution in [1.82, 2.24) is 19.9 Å². The predicted octanol–water partition coefficient (Wildman–Crippen LogP) is 6.44. The first kappa shape index (κ1) is 22.7. The molecular formula is C27H26BrN5S. The Morgan fingerprint density at radius 2 is 1.79 bits per heavy atom. The van der Waals surface area contributed by atoms with Crippen LogP contribution in [0.5, 0.6) is 0 Å². The number of pyridine rings is 2. The van der Waals surface area contributed by atoms with Gasteiger partial charge in [0.1, 0.15) is 5.82 Å². The first-order chi connectivity index (χ1) is 16.3. The molecule has 172 valence electrons. The van der Waals surface area contributed by atoms with Gasteiger partial charge in [-0.25, -0.2) is 4.98 Å². The number of benzene rings is 1. The summed E-state index contributed by atoms with van der Waals surface area (Å²) >= 11 is 9.53. The van der Waals surface area contributed by atoms with Gasteiger partial charge in [0.25, 0.3) is 0 Å². The lowest BCUT2D eigenvalue weighted by molar-refractivity contribution is 0.565. The Morgan fingerprint density at radius 3 is 2.47 bits per heavy atom. The van der Waals surface area contributed by atoms with Crippen molar-refractivity contribution in [3.8, 4) is 5.82 Å². The molecule has 2 atom stereocenters. The van der Waals surface area contributed by atoms with E-state index in [0.29, 0.717) is 5.11 Å². The van der Waals surface area contributed by atoms with E-state index in [1.54, 1.807) is 0 Å². The summed E-state index contributed by atoms with van der Waals surface area (Å²) in [4.78, 5) is 11.6. The Hall–Kier alpha value is -3.03. The highest BCUT2D eigenvalue weighted by atomic mass is 79.9. The van der Waals surface area contributed by atoms with Gasteiger partial charge in [0, 0.05) is 33.9 Å². The van der Waals surface area contributed by atoms with E-state index in [2.05, 4.69) is 106 Å². The fourth-order valence-electron chi connectivity index (χ4n) is 4.76. The van der Waals surface area contributed by atoms with Gasteiger partial charge in [-0.15, -0.1) is 0 Å². The van der Waals surface area contributed by atoms with E-state index in [-0.39, 0.29) is 12.1 Å². The first-order valence-corrected chi connectivity index (χ1v) is 12.4. The molecule has 0 saturated carbocycles. The van der Waals surface area contributed by atoms with E-state index in [1.807, 2.05) is 24.5 Å². The molecule has 4 heterocycles. The third kappa shape index (κ3) is 3.93. The van der Waals surface area contributed by atoms with Gasteiger partial charge in [-0.1, -0.05) is 28.1 Å². The summed E-state index contributed by atoms with van der Waals surface area (Å²) in [6.45, 7) is 8.44. The normalized spacial score (nSPS) is 17.8. The van der Waals surface area contributed by atoms with Crippen LogP contribution in [-0.4, -0.2) is 19.6 Å². The average Bonchev–Trinajstić information content (AvgIpc) is 3.32. The molecule has 1 aromatic carbocycles. The molecule has 5 nitrogen and oxygen atoms in total. The maximum absolute atomic E-state index is 5.90. The Bertz CT molecular complexity index is 1360. The molecule has 0 radical (unpaired) electrons. The van der Waals surface area contributed by atoms with Gasteiger partial charge >= 0.3 is 0 Å². The number of nitrogens with zero attached hydrogens (tertiary/aromatic N) is 4. The highest BCUT2D eigenvalue weighted by Crippen LogP contribution is 2.44. The smallest absolute Gasteiger partial charge is 0.174 e. The summed E-state index contributed by atoms with van der Waals surface area (Å²) in [6, 6.07) is 18.7. The Balaban J connectivity index is 1.68. The van der Waals surface area contributed by atoms with Crippen molar-refractivity contribution in [2.75, 3.05) is 4.90 Å². The molecular weight excluding hydrogens is 506 g/mol. The Labute approximate surface area is 214 Å². The molecule has 2 unspecified atom stereocenters. The fraction of sp³-hybridized carbons (Fsp3) is 0.222. The van der Waals surface area contributed by atoms with E-state index < -0.39 is 0 Å². The summed E-state index contributed by atoms with van der Waals surface area (Å²) < 4.78 is 3.30. The van der Waals surface area contributed by atoms with E-state index >= 15 is 0 Å². The zero-order chi connectivity index (χ0) is 24.0. The number of hydrogen-bond donors (Lipinski definition) is 1. The highest BCUT2D eigenvalue weighted by Gasteiger charge is 2.42. The van der Waals surface area contributed by atoms with Crippen molar-refractivity contribution in [3.05, 3.63) is 105 Å². The van der Waals surface area contributed by atoms with Crippen LogP contribution in [0.3, 0.4) is 0 Å². The molecule has 1 N–H and O–H groups in total. The van der Waals surface area contributed by atoms with Crippen LogP contribution in [0, 0.1) is 27.7 Å². The number of aromatic nitrogens is 3. The minimum Gasteiger partial charge on any atom is -0.351 e. The third-order valence-corrected chi connectivity index (χ3v) is 7.64. The molecule has 4 aromatic rings. The zero-order valence-corrected chi connectivity index (χ0v) is 22.0. The second-order valence-electron chi connectivity index (χ2n) is 8.79. The minimum atomic E-state index is -0.0856. The van der Waals surface area contributed by atoms with Gasteiger partial charge < -0.3 is 14.8 Å². The molecule has 3 aromatic heterocycles.